The maximum absolute atomic E-state index is 11.2. The molecule has 0 atom stereocenters. The predicted molar refractivity (Wildman–Crippen MR) is 77.0 cm³/mol. The van der Waals surface area contributed by atoms with E-state index in [2.05, 4.69) is 0 Å². The van der Waals surface area contributed by atoms with Crippen LogP contribution in [0.1, 0.15) is 19.4 Å². The van der Waals surface area contributed by atoms with E-state index in [4.69, 9.17) is 26.8 Å². The third kappa shape index (κ3) is 4.28. The molecule has 0 radical (unpaired) electrons. The molecule has 6 heteroatoms. The van der Waals surface area contributed by atoms with Gasteiger partial charge in [-0.3, -0.25) is 9.59 Å². The largest absolute Gasteiger partial charge is 0.493 e. The SMILES string of the molecule is COc1cc(/C=C(/C)C(C)=O)cc(Cl)c1OCC(N)=O. The van der Waals surface area contributed by atoms with Gasteiger partial charge in [0, 0.05) is 0 Å². The fraction of sp³-hybridized carbons (Fsp3) is 0.286. The highest BCUT2D eigenvalue weighted by atomic mass is 35.5. The minimum Gasteiger partial charge on any atom is -0.493 e. The molecular formula is C14H16ClNO4. The van der Waals surface area contributed by atoms with E-state index in [9.17, 15) is 9.59 Å². The van der Waals surface area contributed by atoms with Crippen molar-refractivity contribution < 1.29 is 19.1 Å². The van der Waals surface area contributed by atoms with Crippen LogP contribution in [0.4, 0.5) is 0 Å². The van der Waals surface area contributed by atoms with E-state index in [0.29, 0.717) is 16.9 Å². The quantitative estimate of drug-likeness (QED) is 0.817. The van der Waals surface area contributed by atoms with Crippen molar-refractivity contribution in [3.8, 4) is 11.5 Å². The van der Waals surface area contributed by atoms with Gasteiger partial charge in [-0.25, -0.2) is 0 Å². The number of nitrogens with two attached hydrogens (primary N) is 1. The van der Waals surface area contributed by atoms with Crippen LogP contribution >= 0.6 is 11.6 Å². The fourth-order valence-corrected chi connectivity index (χ4v) is 1.73. The van der Waals surface area contributed by atoms with Crippen LogP contribution in [-0.2, 0) is 9.59 Å². The second kappa shape index (κ2) is 6.96. The summed E-state index contributed by atoms with van der Waals surface area (Å²) in [7, 11) is 1.45. The molecule has 2 N–H and O–H groups in total. The van der Waals surface area contributed by atoms with Crippen molar-refractivity contribution in [2.75, 3.05) is 13.7 Å². The molecule has 0 saturated heterocycles. The number of primary amides is 1. The number of hydrogen-bond donors (Lipinski definition) is 1. The van der Waals surface area contributed by atoms with Gasteiger partial charge in [-0.15, -0.1) is 0 Å². The Kier molecular flexibility index (Phi) is 5.58. The molecule has 1 aromatic rings. The van der Waals surface area contributed by atoms with Crippen LogP contribution in [0.25, 0.3) is 6.08 Å². The van der Waals surface area contributed by atoms with E-state index >= 15 is 0 Å². The standard InChI is InChI=1S/C14H16ClNO4/c1-8(9(2)17)4-10-5-11(15)14(12(6-10)19-3)20-7-13(16)18/h4-6H,7H2,1-3H3,(H2,16,18)/b8-4-. The van der Waals surface area contributed by atoms with Gasteiger partial charge in [-0.05, 0) is 43.2 Å². The van der Waals surface area contributed by atoms with Crippen LogP contribution in [0.5, 0.6) is 11.5 Å². The molecule has 108 valence electrons. The van der Waals surface area contributed by atoms with Crippen molar-refractivity contribution in [1.82, 2.24) is 0 Å². The number of amides is 1. The topological polar surface area (TPSA) is 78.6 Å². The van der Waals surface area contributed by atoms with E-state index in [1.165, 1.54) is 14.0 Å². The van der Waals surface area contributed by atoms with E-state index in [1.807, 2.05) is 0 Å². The van der Waals surface area contributed by atoms with Crippen molar-refractivity contribution in [2.24, 2.45) is 5.73 Å². The number of rotatable bonds is 6. The molecule has 1 rings (SSSR count). The van der Waals surface area contributed by atoms with E-state index in [0.717, 1.165) is 0 Å². The highest BCUT2D eigenvalue weighted by Gasteiger charge is 2.12. The molecule has 0 aliphatic carbocycles. The number of hydrogen-bond acceptors (Lipinski definition) is 4. The number of carbonyl (C=O) groups excluding carboxylic acids is 2. The highest BCUT2D eigenvalue weighted by Crippen LogP contribution is 2.37. The molecule has 0 bridgehead atoms. The molecule has 0 fully saturated rings. The summed E-state index contributed by atoms with van der Waals surface area (Å²) in [5.74, 6) is -0.0411. The Morgan fingerprint density at radius 2 is 2.00 bits per heavy atom. The number of ether oxygens (including phenoxy) is 2. The molecule has 0 saturated carbocycles. The first-order chi connectivity index (χ1) is 9.35. The Morgan fingerprint density at radius 1 is 1.35 bits per heavy atom. The van der Waals surface area contributed by atoms with E-state index in [1.54, 1.807) is 25.1 Å². The average Bonchev–Trinajstić information content (AvgIpc) is 2.36. The first-order valence-corrected chi connectivity index (χ1v) is 6.20. The third-order valence-corrected chi connectivity index (χ3v) is 2.83. The molecule has 0 aliphatic heterocycles. The van der Waals surface area contributed by atoms with Crippen LogP contribution in [0, 0.1) is 0 Å². The Morgan fingerprint density at radius 3 is 2.50 bits per heavy atom. The van der Waals surface area contributed by atoms with Gasteiger partial charge < -0.3 is 15.2 Å². The number of benzene rings is 1. The third-order valence-electron chi connectivity index (χ3n) is 2.55. The maximum atomic E-state index is 11.2. The Hall–Kier alpha value is -2.01. The van der Waals surface area contributed by atoms with Crippen molar-refractivity contribution in [3.05, 3.63) is 28.3 Å². The molecule has 0 spiro atoms. The van der Waals surface area contributed by atoms with Crippen LogP contribution in [-0.4, -0.2) is 25.4 Å². The van der Waals surface area contributed by atoms with Gasteiger partial charge in [0.2, 0.25) is 0 Å². The van der Waals surface area contributed by atoms with E-state index in [-0.39, 0.29) is 23.2 Å². The fourth-order valence-electron chi connectivity index (χ4n) is 1.46. The van der Waals surface area contributed by atoms with Crippen molar-refractivity contribution in [2.45, 2.75) is 13.8 Å². The number of carbonyl (C=O) groups is 2. The molecule has 0 aliphatic rings. The lowest BCUT2D eigenvalue weighted by atomic mass is 10.1. The summed E-state index contributed by atoms with van der Waals surface area (Å²) in [6.45, 7) is 2.90. The molecule has 5 nitrogen and oxygen atoms in total. The molecule has 1 aromatic carbocycles. The zero-order valence-corrected chi connectivity index (χ0v) is 12.3. The Labute approximate surface area is 122 Å². The van der Waals surface area contributed by atoms with Gasteiger partial charge in [0.1, 0.15) is 0 Å². The monoisotopic (exact) mass is 297 g/mol. The number of halogens is 1. The molecule has 1 amide bonds. The van der Waals surface area contributed by atoms with Crippen LogP contribution in [0.2, 0.25) is 5.02 Å². The number of methoxy groups -OCH3 is 1. The number of Topliss-reactive ketones (excluding diaryl/α,β-unsaturated/α-hetero) is 1. The van der Waals surface area contributed by atoms with Crippen molar-refractivity contribution >= 4 is 29.4 Å². The number of allylic oxidation sites excluding steroid dienone is 1. The lowest BCUT2D eigenvalue weighted by molar-refractivity contribution is -0.120. The lowest BCUT2D eigenvalue weighted by Crippen LogP contribution is -2.20. The summed E-state index contributed by atoms with van der Waals surface area (Å²) >= 11 is 6.09. The lowest BCUT2D eigenvalue weighted by Gasteiger charge is -2.12. The van der Waals surface area contributed by atoms with Crippen molar-refractivity contribution in [3.63, 3.8) is 0 Å². The predicted octanol–water partition coefficient (Wildman–Crippen LogP) is 2.21. The summed E-state index contributed by atoms with van der Waals surface area (Å²) < 4.78 is 10.4. The van der Waals surface area contributed by atoms with Gasteiger partial charge in [-0.2, -0.15) is 0 Å². The summed E-state index contributed by atoms with van der Waals surface area (Å²) in [6, 6.07) is 3.28. The zero-order chi connectivity index (χ0) is 15.3. The smallest absolute Gasteiger partial charge is 0.255 e. The van der Waals surface area contributed by atoms with Gasteiger partial charge in [-0.1, -0.05) is 11.6 Å². The highest BCUT2D eigenvalue weighted by molar-refractivity contribution is 6.32. The minimum absolute atomic E-state index is 0.0332. The summed E-state index contributed by atoms with van der Waals surface area (Å²) in [4.78, 5) is 22.0. The van der Waals surface area contributed by atoms with Crippen LogP contribution in [0.15, 0.2) is 17.7 Å². The first kappa shape index (κ1) is 16.0. The summed E-state index contributed by atoms with van der Waals surface area (Å²) in [6.07, 6.45) is 1.69. The summed E-state index contributed by atoms with van der Waals surface area (Å²) in [5, 5.41) is 0.271. The molecular weight excluding hydrogens is 282 g/mol. The Bertz CT molecular complexity index is 567. The Balaban J connectivity index is 3.16. The molecule has 0 unspecified atom stereocenters. The van der Waals surface area contributed by atoms with E-state index < -0.39 is 5.91 Å². The van der Waals surface area contributed by atoms with Gasteiger partial charge in [0.15, 0.2) is 23.9 Å². The van der Waals surface area contributed by atoms with Crippen LogP contribution in [0.3, 0.4) is 0 Å². The molecule has 20 heavy (non-hydrogen) atoms. The summed E-state index contributed by atoms with van der Waals surface area (Å²) in [5.41, 5.74) is 6.31. The van der Waals surface area contributed by atoms with Crippen LogP contribution < -0.4 is 15.2 Å². The average molecular weight is 298 g/mol. The molecule has 0 heterocycles. The zero-order valence-electron chi connectivity index (χ0n) is 11.5. The maximum Gasteiger partial charge on any atom is 0.255 e. The normalized spacial score (nSPS) is 11.1. The van der Waals surface area contributed by atoms with Crippen molar-refractivity contribution in [1.29, 1.82) is 0 Å². The van der Waals surface area contributed by atoms with Gasteiger partial charge in [0.25, 0.3) is 5.91 Å². The minimum atomic E-state index is -0.612. The first-order valence-electron chi connectivity index (χ1n) is 5.83. The number of ketones is 1. The van der Waals surface area contributed by atoms with Gasteiger partial charge in [0.05, 0.1) is 12.1 Å². The second-order valence-electron chi connectivity index (χ2n) is 4.17. The molecule has 0 aromatic heterocycles. The van der Waals surface area contributed by atoms with Gasteiger partial charge >= 0.3 is 0 Å². The second-order valence-corrected chi connectivity index (χ2v) is 4.58.